The van der Waals surface area contributed by atoms with E-state index in [4.69, 9.17) is 10.3 Å². The number of hydrogen-bond donors (Lipinski definition) is 1. The summed E-state index contributed by atoms with van der Waals surface area (Å²) >= 11 is 0. The van der Waals surface area contributed by atoms with Crippen LogP contribution in [0.4, 0.5) is 0 Å². The number of aryl methyl sites for hydroxylation is 2. The van der Waals surface area contributed by atoms with Gasteiger partial charge in [-0.25, -0.2) is 4.98 Å². The second kappa shape index (κ2) is 5.61. The Kier molecular flexibility index (Phi) is 3.66. The van der Waals surface area contributed by atoms with Gasteiger partial charge in [-0.2, -0.15) is 4.98 Å². The van der Waals surface area contributed by atoms with E-state index in [2.05, 4.69) is 28.1 Å². The van der Waals surface area contributed by atoms with Crippen molar-refractivity contribution >= 4 is 10.9 Å². The minimum absolute atomic E-state index is 0.126. The van der Waals surface area contributed by atoms with E-state index < -0.39 is 0 Å². The Labute approximate surface area is 123 Å². The molecule has 0 aliphatic heterocycles. The van der Waals surface area contributed by atoms with Gasteiger partial charge in [0, 0.05) is 17.8 Å². The highest BCUT2D eigenvalue weighted by Crippen LogP contribution is 2.22. The average molecular weight is 282 g/mol. The van der Waals surface area contributed by atoms with Gasteiger partial charge in [0.2, 0.25) is 11.7 Å². The van der Waals surface area contributed by atoms with Crippen LogP contribution in [0, 0.1) is 6.92 Å². The summed E-state index contributed by atoms with van der Waals surface area (Å²) in [6.07, 6.45) is 1.52. The Bertz CT molecular complexity index is 764. The number of para-hydroxylation sites is 1. The van der Waals surface area contributed by atoms with Crippen LogP contribution in [0.5, 0.6) is 0 Å². The number of fused-ring (bicyclic) bond motifs is 1. The first kappa shape index (κ1) is 13.7. The van der Waals surface area contributed by atoms with Crippen molar-refractivity contribution in [2.75, 3.05) is 0 Å². The van der Waals surface area contributed by atoms with Crippen molar-refractivity contribution in [3.63, 3.8) is 0 Å². The van der Waals surface area contributed by atoms with Crippen LogP contribution in [0.3, 0.4) is 0 Å². The molecule has 3 aromatic rings. The third-order valence-electron chi connectivity index (χ3n) is 3.43. The molecule has 0 saturated carbocycles. The van der Waals surface area contributed by atoms with Gasteiger partial charge < -0.3 is 10.3 Å². The molecule has 0 bridgehead atoms. The lowest BCUT2D eigenvalue weighted by atomic mass is 10.1. The van der Waals surface area contributed by atoms with Gasteiger partial charge in [0.05, 0.1) is 5.52 Å². The maximum atomic E-state index is 5.74. The normalized spacial score (nSPS) is 12.7. The first-order valence-electron chi connectivity index (χ1n) is 7.08. The number of nitrogens with zero attached hydrogens (tertiary/aromatic N) is 3. The van der Waals surface area contributed by atoms with Crippen LogP contribution in [0.25, 0.3) is 22.4 Å². The standard InChI is InChI=1S/C16H18N4O/c1-10-9-14(18-13-6-4-3-5-12(10)13)16-19-15(21-20-16)8-7-11(2)17/h3-6,9,11H,7-8,17H2,1-2H3. The second-order valence-electron chi connectivity index (χ2n) is 5.37. The van der Waals surface area contributed by atoms with E-state index >= 15 is 0 Å². The van der Waals surface area contributed by atoms with Crippen LogP contribution in [0.1, 0.15) is 24.8 Å². The molecule has 0 fully saturated rings. The number of aromatic nitrogens is 3. The van der Waals surface area contributed by atoms with Gasteiger partial charge in [-0.1, -0.05) is 23.4 Å². The Morgan fingerprint density at radius 3 is 2.86 bits per heavy atom. The number of rotatable bonds is 4. The third kappa shape index (κ3) is 2.92. The lowest BCUT2D eigenvalue weighted by Gasteiger charge is -2.03. The molecule has 1 atom stereocenters. The van der Waals surface area contributed by atoms with Crippen molar-refractivity contribution in [2.24, 2.45) is 5.73 Å². The maximum absolute atomic E-state index is 5.74. The molecule has 0 saturated heterocycles. The van der Waals surface area contributed by atoms with E-state index in [-0.39, 0.29) is 6.04 Å². The number of nitrogens with two attached hydrogens (primary N) is 1. The van der Waals surface area contributed by atoms with Gasteiger partial charge in [0.15, 0.2) is 0 Å². The highest BCUT2D eigenvalue weighted by atomic mass is 16.5. The van der Waals surface area contributed by atoms with Crippen LogP contribution in [-0.2, 0) is 6.42 Å². The number of pyridine rings is 1. The fourth-order valence-electron chi connectivity index (χ4n) is 2.28. The van der Waals surface area contributed by atoms with Crippen LogP contribution < -0.4 is 5.73 Å². The Morgan fingerprint density at radius 1 is 1.24 bits per heavy atom. The molecule has 2 heterocycles. The van der Waals surface area contributed by atoms with Gasteiger partial charge in [0.1, 0.15) is 5.69 Å². The molecule has 5 heteroatoms. The summed E-state index contributed by atoms with van der Waals surface area (Å²) in [7, 11) is 0. The molecule has 3 rings (SSSR count). The Hall–Kier alpha value is -2.27. The Balaban J connectivity index is 1.93. The fraction of sp³-hybridized carbons (Fsp3) is 0.312. The molecule has 2 N–H and O–H groups in total. The van der Waals surface area contributed by atoms with Crippen molar-refractivity contribution in [3.05, 3.63) is 41.8 Å². The molecule has 1 unspecified atom stereocenters. The molecule has 0 aliphatic carbocycles. The molecule has 5 nitrogen and oxygen atoms in total. The van der Waals surface area contributed by atoms with E-state index in [0.29, 0.717) is 18.1 Å². The fourth-order valence-corrected chi connectivity index (χ4v) is 2.28. The van der Waals surface area contributed by atoms with Crippen molar-refractivity contribution in [3.8, 4) is 11.5 Å². The summed E-state index contributed by atoms with van der Waals surface area (Å²) in [5.41, 5.74) is 8.57. The lowest BCUT2D eigenvalue weighted by molar-refractivity contribution is 0.372. The van der Waals surface area contributed by atoms with Gasteiger partial charge >= 0.3 is 0 Å². The predicted molar refractivity (Wildman–Crippen MR) is 81.7 cm³/mol. The van der Waals surface area contributed by atoms with Crippen LogP contribution >= 0.6 is 0 Å². The van der Waals surface area contributed by atoms with E-state index in [1.807, 2.05) is 31.2 Å². The van der Waals surface area contributed by atoms with Crippen molar-refractivity contribution in [1.29, 1.82) is 0 Å². The topological polar surface area (TPSA) is 77.8 Å². The van der Waals surface area contributed by atoms with Crippen LogP contribution in [0.2, 0.25) is 0 Å². The zero-order valence-electron chi connectivity index (χ0n) is 12.2. The second-order valence-corrected chi connectivity index (χ2v) is 5.37. The summed E-state index contributed by atoms with van der Waals surface area (Å²) < 4.78 is 5.26. The summed E-state index contributed by atoms with van der Waals surface area (Å²) in [5, 5.41) is 5.16. The first-order chi connectivity index (χ1) is 10.1. The van der Waals surface area contributed by atoms with E-state index in [1.165, 1.54) is 0 Å². The summed E-state index contributed by atoms with van der Waals surface area (Å²) in [4.78, 5) is 9.01. The highest BCUT2D eigenvalue weighted by Gasteiger charge is 2.12. The molecule has 0 radical (unpaired) electrons. The lowest BCUT2D eigenvalue weighted by Crippen LogP contribution is -2.15. The van der Waals surface area contributed by atoms with Gasteiger partial charge in [-0.05, 0) is 38.0 Å². The molecular formula is C16H18N4O. The average Bonchev–Trinajstić information content (AvgIpc) is 2.94. The number of hydrogen-bond acceptors (Lipinski definition) is 5. The molecule has 21 heavy (non-hydrogen) atoms. The summed E-state index contributed by atoms with van der Waals surface area (Å²) in [6, 6.07) is 10.2. The van der Waals surface area contributed by atoms with Gasteiger partial charge in [0.25, 0.3) is 0 Å². The molecule has 0 spiro atoms. The van der Waals surface area contributed by atoms with E-state index in [9.17, 15) is 0 Å². The minimum atomic E-state index is 0.126. The van der Waals surface area contributed by atoms with Crippen LogP contribution in [0.15, 0.2) is 34.9 Å². The van der Waals surface area contributed by atoms with E-state index in [1.54, 1.807) is 0 Å². The number of benzene rings is 1. The van der Waals surface area contributed by atoms with Crippen molar-refractivity contribution in [1.82, 2.24) is 15.1 Å². The maximum Gasteiger partial charge on any atom is 0.227 e. The molecule has 0 amide bonds. The summed E-state index contributed by atoms with van der Waals surface area (Å²) in [6.45, 7) is 4.02. The van der Waals surface area contributed by atoms with Crippen LogP contribution in [-0.4, -0.2) is 21.2 Å². The zero-order chi connectivity index (χ0) is 14.8. The smallest absolute Gasteiger partial charge is 0.227 e. The minimum Gasteiger partial charge on any atom is -0.339 e. The first-order valence-corrected chi connectivity index (χ1v) is 7.08. The summed E-state index contributed by atoms with van der Waals surface area (Å²) in [5.74, 6) is 1.14. The van der Waals surface area contributed by atoms with Gasteiger partial charge in [-0.15, -0.1) is 0 Å². The highest BCUT2D eigenvalue weighted by molar-refractivity contribution is 5.84. The van der Waals surface area contributed by atoms with Crippen molar-refractivity contribution in [2.45, 2.75) is 32.7 Å². The van der Waals surface area contributed by atoms with Gasteiger partial charge in [-0.3, -0.25) is 0 Å². The largest absolute Gasteiger partial charge is 0.339 e. The molecule has 1 aromatic carbocycles. The predicted octanol–water partition coefficient (Wildman–Crippen LogP) is 2.87. The monoisotopic (exact) mass is 282 g/mol. The van der Waals surface area contributed by atoms with Crippen molar-refractivity contribution < 1.29 is 4.52 Å². The molecular weight excluding hydrogens is 264 g/mol. The molecule has 2 aromatic heterocycles. The third-order valence-corrected chi connectivity index (χ3v) is 3.43. The molecule has 108 valence electrons. The zero-order valence-corrected chi connectivity index (χ0v) is 12.2. The quantitative estimate of drug-likeness (QED) is 0.796. The SMILES string of the molecule is Cc1cc(-c2noc(CCC(C)N)n2)nc2ccccc12. The van der Waals surface area contributed by atoms with E-state index in [0.717, 1.165) is 28.6 Å². The Morgan fingerprint density at radius 2 is 2.05 bits per heavy atom. The molecule has 0 aliphatic rings.